The first-order valence-electron chi connectivity index (χ1n) is 5.02. The molecule has 1 aliphatic heterocycles. The Bertz CT molecular complexity index is 235. The molecule has 2 fully saturated rings. The van der Waals surface area contributed by atoms with Gasteiger partial charge in [0.1, 0.15) is 0 Å². The molecule has 0 aromatic heterocycles. The minimum atomic E-state index is 0.568. The van der Waals surface area contributed by atoms with Crippen molar-refractivity contribution < 1.29 is 0 Å². The van der Waals surface area contributed by atoms with Crippen LogP contribution in [0.4, 0.5) is 0 Å². The highest BCUT2D eigenvalue weighted by atomic mass is 32.2. The van der Waals surface area contributed by atoms with Gasteiger partial charge in [-0.3, -0.25) is 4.99 Å². The van der Waals surface area contributed by atoms with E-state index in [9.17, 15) is 0 Å². The van der Waals surface area contributed by atoms with E-state index < -0.39 is 0 Å². The summed E-state index contributed by atoms with van der Waals surface area (Å²) in [6.45, 7) is 7.89. The van der Waals surface area contributed by atoms with E-state index in [1.165, 1.54) is 12.2 Å². The molecule has 2 atom stereocenters. The van der Waals surface area contributed by atoms with Crippen LogP contribution in [0.25, 0.3) is 0 Å². The maximum Gasteiger partial charge on any atom is 0.156 e. The van der Waals surface area contributed by atoms with Gasteiger partial charge in [-0.2, -0.15) is 0 Å². The Morgan fingerprint density at radius 1 is 1.62 bits per heavy atom. The lowest BCUT2D eigenvalue weighted by Crippen LogP contribution is -2.23. The molecule has 1 saturated heterocycles. The summed E-state index contributed by atoms with van der Waals surface area (Å²) in [4.78, 5) is 4.60. The summed E-state index contributed by atoms with van der Waals surface area (Å²) < 4.78 is 0. The molecule has 0 aromatic rings. The van der Waals surface area contributed by atoms with Crippen molar-refractivity contribution in [1.29, 1.82) is 0 Å². The fourth-order valence-corrected chi connectivity index (χ4v) is 2.61. The molecule has 0 radical (unpaired) electrons. The first kappa shape index (κ1) is 9.38. The van der Waals surface area contributed by atoms with Crippen LogP contribution in [0.15, 0.2) is 4.99 Å². The average molecular weight is 198 g/mol. The molecule has 2 rings (SSSR count). The van der Waals surface area contributed by atoms with Crippen molar-refractivity contribution >= 4 is 16.9 Å². The molecule has 1 N–H and O–H groups in total. The predicted octanol–water partition coefficient (Wildman–Crippen LogP) is 2.11. The van der Waals surface area contributed by atoms with Crippen LogP contribution in [-0.4, -0.2) is 23.5 Å². The first-order chi connectivity index (χ1) is 6.08. The smallest absolute Gasteiger partial charge is 0.156 e. The Balaban J connectivity index is 1.79. The van der Waals surface area contributed by atoms with Crippen LogP contribution in [0.2, 0.25) is 0 Å². The van der Waals surface area contributed by atoms with Crippen molar-refractivity contribution in [3.8, 4) is 0 Å². The van der Waals surface area contributed by atoms with Gasteiger partial charge in [-0.25, -0.2) is 0 Å². The molecule has 3 heteroatoms. The summed E-state index contributed by atoms with van der Waals surface area (Å²) in [5.41, 5.74) is 0.568. The highest BCUT2D eigenvalue weighted by molar-refractivity contribution is 8.14. The van der Waals surface area contributed by atoms with Crippen molar-refractivity contribution in [2.45, 2.75) is 33.2 Å². The van der Waals surface area contributed by atoms with Crippen LogP contribution in [0.3, 0.4) is 0 Å². The lowest BCUT2D eigenvalue weighted by Gasteiger charge is -2.02. The van der Waals surface area contributed by atoms with E-state index in [-0.39, 0.29) is 0 Å². The molecule has 0 bridgehead atoms. The normalized spacial score (nSPS) is 39.2. The molecule has 0 amide bonds. The SMILES string of the molecule is CC1CSC(=NCC2CC2(C)C)N1. The molecule has 13 heavy (non-hydrogen) atoms. The number of hydrogen-bond donors (Lipinski definition) is 1. The highest BCUT2D eigenvalue weighted by Gasteiger charge is 2.45. The number of thioether (sulfide) groups is 1. The number of nitrogens with zero attached hydrogens (tertiary/aromatic N) is 1. The predicted molar refractivity (Wildman–Crippen MR) is 59.2 cm³/mol. The Kier molecular flexibility index (Phi) is 2.30. The second-order valence-electron chi connectivity index (χ2n) is 4.89. The third kappa shape index (κ3) is 2.19. The van der Waals surface area contributed by atoms with Crippen molar-refractivity contribution in [3.05, 3.63) is 0 Å². The zero-order valence-corrected chi connectivity index (χ0v) is 9.45. The number of amidine groups is 1. The second-order valence-corrected chi connectivity index (χ2v) is 5.90. The minimum Gasteiger partial charge on any atom is -0.362 e. The number of nitrogens with one attached hydrogen (secondary N) is 1. The van der Waals surface area contributed by atoms with Gasteiger partial charge in [-0.05, 0) is 24.7 Å². The summed E-state index contributed by atoms with van der Waals surface area (Å²) >= 11 is 1.86. The molecular weight excluding hydrogens is 180 g/mol. The Morgan fingerprint density at radius 2 is 2.31 bits per heavy atom. The summed E-state index contributed by atoms with van der Waals surface area (Å²) in [7, 11) is 0. The van der Waals surface area contributed by atoms with Crippen LogP contribution in [0.1, 0.15) is 27.2 Å². The zero-order chi connectivity index (χ0) is 9.47. The van der Waals surface area contributed by atoms with E-state index >= 15 is 0 Å². The van der Waals surface area contributed by atoms with Gasteiger partial charge in [0.2, 0.25) is 0 Å². The van der Waals surface area contributed by atoms with Crippen molar-refractivity contribution in [2.75, 3.05) is 12.3 Å². The average Bonchev–Trinajstić information content (AvgIpc) is 2.45. The molecule has 74 valence electrons. The standard InChI is InChI=1S/C10H18N2S/c1-7-6-13-9(12-7)11-5-8-4-10(8,2)3/h7-8H,4-6H2,1-3H3,(H,11,12). The molecule has 1 saturated carbocycles. The molecule has 0 spiro atoms. The van der Waals surface area contributed by atoms with Gasteiger partial charge in [0.25, 0.3) is 0 Å². The van der Waals surface area contributed by atoms with E-state index in [1.807, 2.05) is 11.8 Å². The number of rotatable bonds is 2. The van der Waals surface area contributed by atoms with E-state index in [2.05, 4.69) is 31.1 Å². The molecule has 2 nitrogen and oxygen atoms in total. The van der Waals surface area contributed by atoms with E-state index in [4.69, 9.17) is 0 Å². The molecule has 1 aliphatic carbocycles. The molecule has 0 aromatic carbocycles. The summed E-state index contributed by atoms with van der Waals surface area (Å²) in [5.74, 6) is 2.01. The van der Waals surface area contributed by atoms with Gasteiger partial charge >= 0.3 is 0 Å². The van der Waals surface area contributed by atoms with Gasteiger partial charge < -0.3 is 5.32 Å². The third-order valence-corrected chi connectivity index (χ3v) is 4.20. The van der Waals surface area contributed by atoms with Gasteiger partial charge in [0.15, 0.2) is 5.17 Å². The van der Waals surface area contributed by atoms with E-state index in [0.717, 1.165) is 17.6 Å². The molecular formula is C10H18N2S. The van der Waals surface area contributed by atoms with Crippen LogP contribution in [0, 0.1) is 11.3 Å². The van der Waals surface area contributed by atoms with Gasteiger partial charge in [-0.15, -0.1) is 0 Å². The lowest BCUT2D eigenvalue weighted by molar-refractivity contribution is 0.565. The largest absolute Gasteiger partial charge is 0.362 e. The van der Waals surface area contributed by atoms with Crippen LogP contribution < -0.4 is 5.32 Å². The Labute approximate surface area is 84.6 Å². The topological polar surface area (TPSA) is 24.4 Å². The van der Waals surface area contributed by atoms with Crippen LogP contribution in [0.5, 0.6) is 0 Å². The van der Waals surface area contributed by atoms with Crippen molar-refractivity contribution in [3.63, 3.8) is 0 Å². The Hall–Kier alpha value is -0.180. The van der Waals surface area contributed by atoms with Gasteiger partial charge in [0.05, 0.1) is 0 Å². The minimum absolute atomic E-state index is 0.568. The number of aliphatic imine (C=N–C) groups is 1. The van der Waals surface area contributed by atoms with Gasteiger partial charge in [-0.1, -0.05) is 25.6 Å². The monoisotopic (exact) mass is 198 g/mol. The van der Waals surface area contributed by atoms with E-state index in [1.54, 1.807) is 0 Å². The molecule has 1 heterocycles. The molecule has 2 aliphatic rings. The van der Waals surface area contributed by atoms with Crippen molar-refractivity contribution in [2.24, 2.45) is 16.3 Å². The fourth-order valence-electron chi connectivity index (χ4n) is 1.67. The maximum atomic E-state index is 4.60. The van der Waals surface area contributed by atoms with Crippen LogP contribution in [-0.2, 0) is 0 Å². The maximum absolute atomic E-state index is 4.60. The summed E-state index contributed by atoms with van der Waals surface area (Å²) in [6, 6.07) is 0.607. The van der Waals surface area contributed by atoms with E-state index in [0.29, 0.717) is 11.5 Å². The van der Waals surface area contributed by atoms with Gasteiger partial charge in [0, 0.05) is 18.3 Å². The summed E-state index contributed by atoms with van der Waals surface area (Å²) in [6.07, 6.45) is 1.35. The molecule has 2 unspecified atom stereocenters. The number of hydrogen-bond acceptors (Lipinski definition) is 2. The lowest BCUT2D eigenvalue weighted by atomic mass is 10.1. The zero-order valence-electron chi connectivity index (χ0n) is 8.63. The first-order valence-corrected chi connectivity index (χ1v) is 6.00. The third-order valence-electron chi connectivity index (χ3n) is 3.01. The summed E-state index contributed by atoms with van der Waals surface area (Å²) in [5, 5.41) is 4.54. The second kappa shape index (κ2) is 3.19. The highest BCUT2D eigenvalue weighted by Crippen LogP contribution is 2.51. The fraction of sp³-hybridized carbons (Fsp3) is 0.900. The van der Waals surface area contributed by atoms with Crippen LogP contribution >= 0.6 is 11.8 Å². The van der Waals surface area contributed by atoms with Crippen molar-refractivity contribution in [1.82, 2.24) is 5.32 Å². The Morgan fingerprint density at radius 3 is 2.77 bits per heavy atom. The quantitative estimate of drug-likeness (QED) is 0.735.